The summed E-state index contributed by atoms with van der Waals surface area (Å²) >= 11 is 0. The van der Waals surface area contributed by atoms with Crippen LogP contribution in [-0.4, -0.2) is 30.0 Å². The standard InChI is InChI=1S/C21H41N3/c1-3-4-5-6-7-8-9-10-11-12-13-14-15-16-17-21-23-18-19-24(21)20(2)22/h8-9,18,20-21H,3-7,10-17,19,22H2,1-2H3/b9-8+. The predicted molar refractivity (Wildman–Crippen MR) is 107 cm³/mol. The van der Waals surface area contributed by atoms with E-state index in [0.717, 1.165) is 6.54 Å². The van der Waals surface area contributed by atoms with E-state index in [1.165, 1.54) is 83.5 Å². The van der Waals surface area contributed by atoms with Gasteiger partial charge in [0.05, 0.1) is 6.17 Å². The van der Waals surface area contributed by atoms with Gasteiger partial charge in [0.2, 0.25) is 0 Å². The van der Waals surface area contributed by atoms with E-state index in [1.54, 1.807) is 0 Å². The highest BCUT2D eigenvalue weighted by molar-refractivity contribution is 5.62. The van der Waals surface area contributed by atoms with E-state index in [-0.39, 0.29) is 6.17 Å². The van der Waals surface area contributed by atoms with Crippen molar-refractivity contribution in [2.75, 3.05) is 6.54 Å². The normalized spacial score (nSPS) is 19.5. The molecule has 0 saturated heterocycles. The molecule has 1 aliphatic heterocycles. The van der Waals surface area contributed by atoms with Gasteiger partial charge < -0.3 is 5.73 Å². The highest BCUT2D eigenvalue weighted by Crippen LogP contribution is 2.17. The largest absolute Gasteiger partial charge is 0.316 e. The first kappa shape index (κ1) is 21.4. The van der Waals surface area contributed by atoms with Crippen molar-refractivity contribution in [3.05, 3.63) is 12.2 Å². The highest BCUT2D eigenvalue weighted by Gasteiger charge is 2.22. The van der Waals surface area contributed by atoms with Gasteiger partial charge in [0.1, 0.15) is 6.17 Å². The van der Waals surface area contributed by atoms with E-state index in [0.29, 0.717) is 6.17 Å². The van der Waals surface area contributed by atoms with Crippen LogP contribution in [0.25, 0.3) is 0 Å². The molecule has 2 N–H and O–H groups in total. The van der Waals surface area contributed by atoms with E-state index < -0.39 is 0 Å². The van der Waals surface area contributed by atoms with Crippen LogP contribution >= 0.6 is 0 Å². The number of hydrogen-bond acceptors (Lipinski definition) is 3. The Bertz CT molecular complexity index is 336. The molecule has 140 valence electrons. The molecule has 2 atom stereocenters. The van der Waals surface area contributed by atoms with Gasteiger partial charge in [0.15, 0.2) is 0 Å². The number of rotatable bonds is 15. The molecule has 1 heterocycles. The third-order valence-electron chi connectivity index (χ3n) is 4.95. The van der Waals surface area contributed by atoms with Gasteiger partial charge in [0.25, 0.3) is 0 Å². The van der Waals surface area contributed by atoms with Gasteiger partial charge in [-0.3, -0.25) is 9.89 Å². The zero-order valence-corrected chi connectivity index (χ0v) is 16.3. The van der Waals surface area contributed by atoms with Crippen molar-refractivity contribution < 1.29 is 0 Å². The van der Waals surface area contributed by atoms with Crippen LogP contribution < -0.4 is 5.73 Å². The van der Waals surface area contributed by atoms with Crippen LogP contribution in [0, 0.1) is 0 Å². The van der Waals surface area contributed by atoms with Crippen molar-refractivity contribution in [1.29, 1.82) is 0 Å². The number of hydrogen-bond donors (Lipinski definition) is 1. The van der Waals surface area contributed by atoms with Crippen molar-refractivity contribution >= 4 is 6.21 Å². The van der Waals surface area contributed by atoms with Crippen molar-refractivity contribution in [2.24, 2.45) is 10.7 Å². The van der Waals surface area contributed by atoms with E-state index in [4.69, 9.17) is 5.73 Å². The molecule has 24 heavy (non-hydrogen) atoms. The Balaban J connectivity index is 1.84. The molecule has 0 aliphatic carbocycles. The fraction of sp³-hybridized carbons (Fsp3) is 0.857. The van der Waals surface area contributed by atoms with E-state index in [2.05, 4.69) is 35.9 Å². The van der Waals surface area contributed by atoms with Crippen LogP contribution in [-0.2, 0) is 0 Å². The molecule has 0 aromatic rings. The Morgan fingerprint density at radius 1 is 1.00 bits per heavy atom. The number of unbranched alkanes of at least 4 members (excludes halogenated alkanes) is 10. The lowest BCUT2D eigenvalue weighted by molar-refractivity contribution is 0.182. The van der Waals surface area contributed by atoms with Gasteiger partial charge >= 0.3 is 0 Å². The summed E-state index contributed by atoms with van der Waals surface area (Å²) in [6.45, 7) is 5.25. The Kier molecular flexibility index (Phi) is 13.1. The Labute approximate surface area is 150 Å². The summed E-state index contributed by atoms with van der Waals surface area (Å²) in [5.41, 5.74) is 5.98. The highest BCUT2D eigenvalue weighted by atomic mass is 15.3. The minimum Gasteiger partial charge on any atom is -0.316 e. The Morgan fingerprint density at radius 3 is 2.21 bits per heavy atom. The lowest BCUT2D eigenvalue weighted by atomic mass is 10.1. The monoisotopic (exact) mass is 335 g/mol. The number of nitrogens with two attached hydrogens (primary N) is 1. The van der Waals surface area contributed by atoms with Crippen LogP contribution in [0.5, 0.6) is 0 Å². The molecule has 0 bridgehead atoms. The van der Waals surface area contributed by atoms with E-state index >= 15 is 0 Å². The fourth-order valence-electron chi connectivity index (χ4n) is 3.37. The molecule has 0 amide bonds. The smallest absolute Gasteiger partial charge is 0.103 e. The lowest BCUT2D eigenvalue weighted by Crippen LogP contribution is -2.43. The molecular formula is C21H41N3. The summed E-state index contributed by atoms with van der Waals surface area (Å²) in [7, 11) is 0. The van der Waals surface area contributed by atoms with Gasteiger partial charge in [0, 0.05) is 12.8 Å². The molecule has 0 fully saturated rings. The number of nitrogens with zero attached hydrogens (tertiary/aromatic N) is 2. The maximum atomic E-state index is 5.98. The summed E-state index contributed by atoms with van der Waals surface area (Å²) < 4.78 is 0. The van der Waals surface area contributed by atoms with Crippen molar-refractivity contribution in [3.63, 3.8) is 0 Å². The number of aliphatic imine (C=N–C) groups is 1. The van der Waals surface area contributed by atoms with Crippen molar-refractivity contribution in [3.8, 4) is 0 Å². The first-order valence-corrected chi connectivity index (χ1v) is 10.4. The molecule has 0 aromatic heterocycles. The quantitative estimate of drug-likeness (QED) is 0.310. The Morgan fingerprint density at radius 2 is 1.58 bits per heavy atom. The van der Waals surface area contributed by atoms with Crippen LogP contribution in [0.1, 0.15) is 97.3 Å². The molecule has 3 heteroatoms. The maximum Gasteiger partial charge on any atom is 0.103 e. The predicted octanol–water partition coefficient (Wildman–Crippen LogP) is 5.65. The van der Waals surface area contributed by atoms with Crippen LogP contribution in [0.3, 0.4) is 0 Å². The van der Waals surface area contributed by atoms with Crippen LogP contribution in [0.4, 0.5) is 0 Å². The van der Waals surface area contributed by atoms with Crippen molar-refractivity contribution in [2.45, 2.75) is 110 Å². The maximum absolute atomic E-state index is 5.98. The summed E-state index contributed by atoms with van der Waals surface area (Å²) in [5, 5.41) is 0. The van der Waals surface area contributed by atoms with E-state index in [9.17, 15) is 0 Å². The Hall–Kier alpha value is -0.670. The SMILES string of the molecule is CCCCCC/C=C/CCCCCCCCC1N=CCN1C(C)N. The van der Waals surface area contributed by atoms with Gasteiger partial charge in [-0.15, -0.1) is 0 Å². The first-order chi connectivity index (χ1) is 11.8. The van der Waals surface area contributed by atoms with Crippen LogP contribution in [0.2, 0.25) is 0 Å². The van der Waals surface area contributed by atoms with Crippen molar-refractivity contribution in [1.82, 2.24) is 4.90 Å². The summed E-state index contributed by atoms with van der Waals surface area (Å²) in [5.74, 6) is 0. The molecule has 0 spiro atoms. The molecule has 0 radical (unpaired) electrons. The molecule has 2 unspecified atom stereocenters. The molecular weight excluding hydrogens is 294 g/mol. The molecule has 0 saturated carbocycles. The second-order valence-corrected chi connectivity index (χ2v) is 7.27. The number of allylic oxidation sites excluding steroid dienone is 2. The van der Waals surface area contributed by atoms with Gasteiger partial charge in [-0.1, -0.05) is 64.0 Å². The summed E-state index contributed by atoms with van der Waals surface area (Å²) in [4.78, 5) is 6.84. The topological polar surface area (TPSA) is 41.6 Å². The van der Waals surface area contributed by atoms with Gasteiger partial charge in [-0.05, 0) is 45.4 Å². The van der Waals surface area contributed by atoms with Crippen LogP contribution in [0.15, 0.2) is 17.1 Å². The van der Waals surface area contributed by atoms with Gasteiger partial charge in [-0.2, -0.15) is 0 Å². The lowest BCUT2D eigenvalue weighted by Gasteiger charge is -2.26. The van der Waals surface area contributed by atoms with Gasteiger partial charge in [-0.25, -0.2) is 0 Å². The molecule has 1 aliphatic rings. The van der Waals surface area contributed by atoms with E-state index in [1.807, 2.05) is 6.21 Å². The summed E-state index contributed by atoms with van der Waals surface area (Å²) in [6, 6.07) is 0. The summed E-state index contributed by atoms with van der Waals surface area (Å²) in [6.07, 6.45) is 24.6. The second kappa shape index (κ2) is 14.7. The minimum absolute atomic E-state index is 0.122. The zero-order valence-electron chi connectivity index (χ0n) is 16.3. The second-order valence-electron chi connectivity index (χ2n) is 7.27. The average Bonchev–Trinajstić information content (AvgIpc) is 3.04. The zero-order chi connectivity index (χ0) is 17.5. The molecule has 3 nitrogen and oxygen atoms in total. The first-order valence-electron chi connectivity index (χ1n) is 10.4. The molecule has 0 aromatic carbocycles. The molecule has 1 rings (SSSR count). The fourth-order valence-corrected chi connectivity index (χ4v) is 3.37. The average molecular weight is 336 g/mol. The third kappa shape index (κ3) is 10.2. The minimum atomic E-state index is 0.122. The third-order valence-corrected chi connectivity index (χ3v) is 4.95.